The summed E-state index contributed by atoms with van der Waals surface area (Å²) in [6.45, 7) is 2.46. The van der Waals surface area contributed by atoms with Crippen molar-refractivity contribution >= 4 is 39.1 Å². The lowest BCUT2D eigenvalue weighted by Crippen LogP contribution is -2.50. The van der Waals surface area contributed by atoms with Gasteiger partial charge in [0.15, 0.2) is 0 Å². The van der Waals surface area contributed by atoms with Crippen LogP contribution in [0.4, 0.5) is 18.9 Å². The van der Waals surface area contributed by atoms with Crippen LogP contribution in [0.3, 0.4) is 0 Å². The predicted octanol–water partition coefficient (Wildman–Crippen LogP) is 3.60. The van der Waals surface area contributed by atoms with Crippen molar-refractivity contribution in [1.82, 2.24) is 10.2 Å². The second kappa shape index (κ2) is 10.6. The zero-order valence-corrected chi connectivity index (χ0v) is 20.6. The first-order valence-electron chi connectivity index (χ1n) is 10.1. The van der Waals surface area contributed by atoms with Gasteiger partial charge in [-0.15, -0.1) is 0 Å². The molecule has 0 saturated carbocycles. The van der Waals surface area contributed by atoms with E-state index in [0.29, 0.717) is 22.0 Å². The molecule has 2 aromatic rings. The summed E-state index contributed by atoms with van der Waals surface area (Å²) in [7, 11) is -2.84. The molecule has 0 saturated heterocycles. The van der Waals surface area contributed by atoms with E-state index in [2.05, 4.69) is 5.32 Å². The molecule has 2 rings (SSSR count). The van der Waals surface area contributed by atoms with Crippen LogP contribution in [-0.4, -0.2) is 51.0 Å². The Hall–Kier alpha value is -2.79. The molecule has 0 bridgehead atoms. The van der Waals surface area contributed by atoms with Gasteiger partial charge >= 0.3 is 6.18 Å². The fraction of sp³-hybridized carbons (Fsp3) is 0.364. The van der Waals surface area contributed by atoms with Gasteiger partial charge in [0.25, 0.3) is 0 Å². The number of likely N-dealkylation sites (N-methyl/N-ethyl adjacent to an activating group) is 1. The number of nitrogens with one attached hydrogen (secondary N) is 1. The summed E-state index contributed by atoms with van der Waals surface area (Å²) in [6, 6.07) is 8.35. The molecule has 0 aromatic heterocycles. The van der Waals surface area contributed by atoms with Crippen LogP contribution < -0.4 is 9.62 Å². The fourth-order valence-corrected chi connectivity index (χ4v) is 4.28. The number of rotatable bonds is 8. The van der Waals surface area contributed by atoms with Gasteiger partial charge in [-0.2, -0.15) is 13.2 Å². The number of nitrogens with zero attached hydrogens (tertiary/aromatic N) is 2. The number of hydrogen-bond donors (Lipinski definition) is 1. The van der Waals surface area contributed by atoms with Gasteiger partial charge in [0.2, 0.25) is 21.8 Å². The molecule has 0 aliphatic rings. The average molecular weight is 520 g/mol. The predicted molar refractivity (Wildman–Crippen MR) is 124 cm³/mol. The fourth-order valence-electron chi connectivity index (χ4n) is 3.16. The smallest absolute Gasteiger partial charge is 0.357 e. The maximum Gasteiger partial charge on any atom is 0.416 e. The molecule has 0 aliphatic heterocycles. The Morgan fingerprint density at radius 1 is 1.12 bits per heavy atom. The van der Waals surface area contributed by atoms with E-state index in [1.165, 1.54) is 14.0 Å². The summed E-state index contributed by atoms with van der Waals surface area (Å²) in [5.41, 5.74) is 0.0413. The topological polar surface area (TPSA) is 86.8 Å². The van der Waals surface area contributed by atoms with Gasteiger partial charge < -0.3 is 10.2 Å². The van der Waals surface area contributed by atoms with Gasteiger partial charge in [0.1, 0.15) is 12.6 Å². The number of amides is 2. The Morgan fingerprint density at radius 3 is 2.21 bits per heavy atom. The van der Waals surface area contributed by atoms with E-state index in [0.717, 1.165) is 22.8 Å². The normalized spacial score (nSPS) is 12.7. The van der Waals surface area contributed by atoms with Gasteiger partial charge in [-0.25, -0.2) is 8.42 Å². The summed E-state index contributed by atoms with van der Waals surface area (Å²) < 4.78 is 65.2. The number of sulfonamides is 1. The van der Waals surface area contributed by atoms with Crippen molar-refractivity contribution in [3.05, 3.63) is 64.2 Å². The monoisotopic (exact) mass is 519 g/mol. The maximum atomic E-state index is 13.3. The number of carbonyl (C=O) groups is 2. The van der Waals surface area contributed by atoms with Gasteiger partial charge in [0, 0.05) is 13.6 Å². The summed E-state index contributed by atoms with van der Waals surface area (Å²) in [4.78, 5) is 26.7. The maximum absolute atomic E-state index is 13.3. The first-order chi connectivity index (χ1) is 15.6. The molecule has 7 nitrogen and oxygen atoms in total. The Kier molecular flexibility index (Phi) is 8.59. The molecule has 12 heteroatoms. The van der Waals surface area contributed by atoms with Crippen molar-refractivity contribution in [2.75, 3.05) is 24.2 Å². The quantitative estimate of drug-likeness (QED) is 0.577. The number of halogens is 4. The van der Waals surface area contributed by atoms with Crippen LogP contribution in [0.2, 0.25) is 5.02 Å². The molecule has 0 fully saturated rings. The molecule has 2 amide bonds. The van der Waals surface area contributed by atoms with Crippen LogP contribution in [0.15, 0.2) is 42.5 Å². The minimum Gasteiger partial charge on any atom is -0.357 e. The highest BCUT2D eigenvalue weighted by atomic mass is 35.5. The van der Waals surface area contributed by atoms with Crippen LogP contribution >= 0.6 is 11.6 Å². The number of benzene rings is 2. The zero-order valence-electron chi connectivity index (χ0n) is 19.0. The molecule has 0 aliphatic carbocycles. The molecule has 1 N–H and O–H groups in total. The van der Waals surface area contributed by atoms with Crippen LogP contribution in [0.25, 0.3) is 0 Å². The van der Waals surface area contributed by atoms with E-state index < -0.39 is 51.9 Å². The van der Waals surface area contributed by atoms with Crippen molar-refractivity contribution in [3.8, 4) is 0 Å². The zero-order chi connectivity index (χ0) is 25.8. The lowest BCUT2D eigenvalue weighted by molar-refractivity contribution is -0.139. The molecular weight excluding hydrogens is 495 g/mol. The van der Waals surface area contributed by atoms with E-state index in [4.69, 9.17) is 11.6 Å². The van der Waals surface area contributed by atoms with Crippen molar-refractivity contribution in [2.24, 2.45) is 0 Å². The highest BCUT2D eigenvalue weighted by molar-refractivity contribution is 7.92. The molecule has 1 atom stereocenters. The molecular formula is C22H25ClF3N3O4S. The highest BCUT2D eigenvalue weighted by Gasteiger charge is 2.34. The summed E-state index contributed by atoms with van der Waals surface area (Å²) in [5, 5.41) is 2.15. The first-order valence-corrected chi connectivity index (χ1v) is 12.3. The summed E-state index contributed by atoms with van der Waals surface area (Å²) >= 11 is 6.03. The van der Waals surface area contributed by atoms with E-state index in [9.17, 15) is 31.2 Å². The van der Waals surface area contributed by atoms with Crippen LogP contribution in [0.5, 0.6) is 0 Å². The lowest BCUT2D eigenvalue weighted by atomic mass is 10.1. The van der Waals surface area contributed by atoms with E-state index in [-0.39, 0.29) is 11.6 Å². The van der Waals surface area contributed by atoms with E-state index >= 15 is 0 Å². The third-order valence-corrected chi connectivity index (χ3v) is 6.55. The van der Waals surface area contributed by atoms with Crippen LogP contribution in [-0.2, 0) is 32.3 Å². The third-order valence-electron chi connectivity index (χ3n) is 5.11. The van der Waals surface area contributed by atoms with Gasteiger partial charge in [-0.1, -0.05) is 41.4 Å². The van der Waals surface area contributed by atoms with Gasteiger partial charge in [0.05, 0.1) is 22.5 Å². The molecule has 0 radical (unpaired) electrons. The number of anilines is 1. The number of aryl methyl sites for hydroxylation is 1. The summed E-state index contributed by atoms with van der Waals surface area (Å²) in [5.74, 6) is -1.29. The SMILES string of the molecule is CNC(=O)C(C)N(Cc1ccc(C)cc1)C(=O)CN(c1cc(C(F)(F)F)ccc1Cl)S(C)(=O)=O. The second-order valence-corrected chi connectivity index (χ2v) is 10.0. The highest BCUT2D eigenvalue weighted by Crippen LogP contribution is 2.36. The molecule has 2 aromatic carbocycles. The van der Waals surface area contributed by atoms with Crippen molar-refractivity contribution in [2.45, 2.75) is 32.6 Å². The Balaban J connectivity index is 2.48. The van der Waals surface area contributed by atoms with Crippen molar-refractivity contribution in [3.63, 3.8) is 0 Å². The van der Waals surface area contributed by atoms with Crippen LogP contribution in [0.1, 0.15) is 23.6 Å². The Morgan fingerprint density at radius 2 is 1.71 bits per heavy atom. The lowest BCUT2D eigenvalue weighted by Gasteiger charge is -2.31. The standard InChI is InChI=1S/C22H25ClF3N3O4S/c1-14-5-7-16(8-6-14)12-28(15(2)21(31)27-3)20(30)13-29(34(4,32)33)19-11-17(22(24,25)26)9-10-18(19)23/h5-11,15H,12-13H2,1-4H3,(H,27,31). The molecule has 0 spiro atoms. The first kappa shape index (κ1) is 27.5. The minimum absolute atomic E-state index is 0.0262. The molecule has 186 valence electrons. The van der Waals surface area contributed by atoms with Crippen molar-refractivity contribution in [1.29, 1.82) is 0 Å². The van der Waals surface area contributed by atoms with Crippen molar-refractivity contribution < 1.29 is 31.2 Å². The van der Waals surface area contributed by atoms with Gasteiger partial charge in [-0.3, -0.25) is 13.9 Å². The average Bonchev–Trinajstić information content (AvgIpc) is 2.74. The molecule has 34 heavy (non-hydrogen) atoms. The van der Waals surface area contributed by atoms with E-state index in [1.54, 1.807) is 12.1 Å². The molecule has 1 unspecified atom stereocenters. The minimum atomic E-state index is -4.75. The molecule has 0 heterocycles. The third kappa shape index (κ3) is 6.86. The van der Waals surface area contributed by atoms with Gasteiger partial charge in [-0.05, 0) is 37.6 Å². The second-order valence-electron chi connectivity index (χ2n) is 7.73. The number of alkyl halides is 3. The summed E-state index contributed by atoms with van der Waals surface area (Å²) in [6.07, 6.45) is -4.00. The van der Waals surface area contributed by atoms with Crippen LogP contribution in [0, 0.1) is 6.92 Å². The number of carbonyl (C=O) groups excluding carboxylic acids is 2. The largest absolute Gasteiger partial charge is 0.416 e. The Bertz CT molecular complexity index is 1150. The number of hydrogen-bond acceptors (Lipinski definition) is 4. The van der Waals surface area contributed by atoms with E-state index in [1.807, 2.05) is 19.1 Å². The Labute approximate surface area is 201 Å².